The summed E-state index contributed by atoms with van der Waals surface area (Å²) in [6.45, 7) is 1.78. The van der Waals surface area contributed by atoms with Crippen molar-refractivity contribution in [3.8, 4) is 5.69 Å². The van der Waals surface area contributed by atoms with Crippen molar-refractivity contribution in [2.45, 2.75) is 12.7 Å². The van der Waals surface area contributed by atoms with Crippen LogP contribution in [0.4, 0.5) is 23.8 Å². The zero-order valence-corrected chi connectivity index (χ0v) is 18.7. The van der Waals surface area contributed by atoms with Crippen LogP contribution in [0, 0.1) is 0 Å². The Kier molecular flexibility index (Phi) is 6.66. The van der Waals surface area contributed by atoms with E-state index in [1.165, 1.54) is 0 Å². The average Bonchev–Trinajstić information content (AvgIpc) is 3.23. The van der Waals surface area contributed by atoms with Crippen LogP contribution in [0.25, 0.3) is 5.69 Å². The summed E-state index contributed by atoms with van der Waals surface area (Å²) in [5, 5.41) is 7.36. The molecule has 3 heterocycles. The van der Waals surface area contributed by atoms with Gasteiger partial charge in [0.2, 0.25) is 0 Å². The van der Waals surface area contributed by atoms with Gasteiger partial charge in [-0.15, -0.1) is 0 Å². The van der Waals surface area contributed by atoms with Crippen LogP contribution in [0.5, 0.6) is 0 Å². The minimum atomic E-state index is -4.61. The van der Waals surface area contributed by atoms with Gasteiger partial charge in [0.15, 0.2) is 5.69 Å². The molecule has 1 N–H and O–H groups in total. The molecule has 0 unspecified atom stereocenters. The first-order valence-corrected chi connectivity index (χ1v) is 10.8. The molecule has 1 aliphatic rings. The number of urea groups is 1. The zero-order chi connectivity index (χ0) is 23.6. The number of halogens is 5. The maximum atomic E-state index is 13.2. The summed E-state index contributed by atoms with van der Waals surface area (Å²) in [7, 11) is 0. The largest absolute Gasteiger partial charge is 0.435 e. The van der Waals surface area contributed by atoms with E-state index in [0.29, 0.717) is 47.7 Å². The number of carbonyl (C=O) groups excluding carboxylic acids is 1. The summed E-state index contributed by atoms with van der Waals surface area (Å²) in [5.41, 5.74) is -0.445. The van der Waals surface area contributed by atoms with E-state index in [9.17, 15) is 18.0 Å². The normalized spacial score (nSPS) is 14.5. The number of pyridine rings is 1. The Labute approximate surface area is 197 Å². The number of hydrogen-bond acceptors (Lipinski definition) is 4. The number of amides is 2. The third kappa shape index (κ3) is 5.33. The lowest BCUT2D eigenvalue weighted by atomic mass is 10.3. The highest BCUT2D eigenvalue weighted by atomic mass is 35.5. The number of alkyl halides is 3. The molecule has 0 saturated carbocycles. The van der Waals surface area contributed by atoms with Crippen molar-refractivity contribution in [1.82, 2.24) is 25.0 Å². The molecule has 7 nitrogen and oxygen atoms in total. The third-order valence-electron chi connectivity index (χ3n) is 5.17. The van der Waals surface area contributed by atoms with Gasteiger partial charge in [0, 0.05) is 37.4 Å². The lowest BCUT2D eigenvalue weighted by Crippen LogP contribution is -2.52. The third-order valence-corrected chi connectivity index (χ3v) is 5.72. The first-order chi connectivity index (χ1) is 15.7. The van der Waals surface area contributed by atoms with Crippen molar-refractivity contribution in [2.75, 3.05) is 31.1 Å². The van der Waals surface area contributed by atoms with Crippen molar-refractivity contribution in [2.24, 2.45) is 0 Å². The van der Waals surface area contributed by atoms with Gasteiger partial charge in [0.25, 0.3) is 0 Å². The molecular weight excluding hydrogens is 480 g/mol. The molecule has 1 aliphatic heterocycles. The standard InChI is InChI=1S/C21H19Cl2F3N6O/c22-14-3-5-15(6-4-14)32-16(12-18(29-32)21(24,25)26)13-28-20(33)31-10-8-30(9-11-31)19-17(23)2-1-7-27-19/h1-7,12H,8-11,13H2,(H,28,33). The van der Waals surface area contributed by atoms with E-state index in [-0.39, 0.29) is 18.3 Å². The van der Waals surface area contributed by atoms with Crippen molar-refractivity contribution < 1.29 is 18.0 Å². The van der Waals surface area contributed by atoms with Gasteiger partial charge in [-0.05, 0) is 42.5 Å². The van der Waals surface area contributed by atoms with Crippen molar-refractivity contribution >= 4 is 35.1 Å². The van der Waals surface area contributed by atoms with Crippen LogP contribution in [0.3, 0.4) is 0 Å². The number of hydrogen-bond donors (Lipinski definition) is 1. The number of aromatic nitrogens is 3. The number of benzene rings is 1. The van der Waals surface area contributed by atoms with Gasteiger partial charge in [-0.2, -0.15) is 18.3 Å². The van der Waals surface area contributed by atoms with Gasteiger partial charge in [0.05, 0.1) is 22.9 Å². The highest BCUT2D eigenvalue weighted by molar-refractivity contribution is 6.32. The van der Waals surface area contributed by atoms with E-state index in [0.717, 1.165) is 10.7 Å². The number of piperazine rings is 1. The summed E-state index contributed by atoms with van der Waals surface area (Å²) in [4.78, 5) is 20.5. The van der Waals surface area contributed by atoms with Gasteiger partial charge in [0.1, 0.15) is 5.82 Å². The fourth-order valence-electron chi connectivity index (χ4n) is 3.50. The van der Waals surface area contributed by atoms with E-state index in [4.69, 9.17) is 23.2 Å². The predicted molar refractivity (Wildman–Crippen MR) is 119 cm³/mol. The molecule has 2 aromatic heterocycles. The molecule has 33 heavy (non-hydrogen) atoms. The maximum absolute atomic E-state index is 13.2. The van der Waals surface area contributed by atoms with Crippen LogP contribution in [-0.4, -0.2) is 51.9 Å². The smallest absolute Gasteiger partial charge is 0.352 e. The molecule has 3 aromatic rings. The Hall–Kier alpha value is -2.98. The van der Waals surface area contributed by atoms with Crippen LogP contribution in [0.1, 0.15) is 11.4 Å². The van der Waals surface area contributed by atoms with Crippen LogP contribution in [-0.2, 0) is 12.7 Å². The first-order valence-electron chi connectivity index (χ1n) is 10.0. The molecule has 0 atom stereocenters. The minimum Gasteiger partial charge on any atom is -0.352 e. The lowest BCUT2D eigenvalue weighted by molar-refractivity contribution is -0.141. The molecule has 4 rings (SSSR count). The topological polar surface area (TPSA) is 66.3 Å². The second-order valence-corrected chi connectivity index (χ2v) is 8.19. The van der Waals surface area contributed by atoms with Crippen molar-refractivity contribution in [1.29, 1.82) is 0 Å². The minimum absolute atomic E-state index is 0.128. The second-order valence-electron chi connectivity index (χ2n) is 7.35. The molecule has 12 heteroatoms. The molecule has 0 aliphatic carbocycles. The summed E-state index contributed by atoms with van der Waals surface area (Å²) in [6, 6.07) is 10.3. The molecule has 1 aromatic carbocycles. The molecule has 1 saturated heterocycles. The molecule has 0 bridgehead atoms. The van der Waals surface area contributed by atoms with Gasteiger partial charge in [-0.3, -0.25) is 0 Å². The van der Waals surface area contributed by atoms with E-state index >= 15 is 0 Å². The highest BCUT2D eigenvalue weighted by Crippen LogP contribution is 2.30. The summed E-state index contributed by atoms with van der Waals surface area (Å²) < 4.78 is 40.9. The van der Waals surface area contributed by atoms with E-state index < -0.39 is 11.9 Å². The number of rotatable bonds is 4. The fraction of sp³-hybridized carbons (Fsp3) is 0.286. The zero-order valence-electron chi connectivity index (χ0n) is 17.2. The SMILES string of the molecule is O=C(NCc1cc(C(F)(F)F)nn1-c1ccc(Cl)cc1)N1CCN(c2ncccc2Cl)CC1. The predicted octanol–water partition coefficient (Wildman–Crippen LogP) is 4.62. The van der Waals surface area contributed by atoms with E-state index in [2.05, 4.69) is 15.4 Å². The van der Waals surface area contributed by atoms with E-state index in [1.54, 1.807) is 47.5 Å². The van der Waals surface area contributed by atoms with E-state index in [1.807, 2.05) is 4.90 Å². The van der Waals surface area contributed by atoms with Crippen LogP contribution in [0.2, 0.25) is 10.0 Å². The molecule has 1 fully saturated rings. The summed E-state index contributed by atoms with van der Waals surface area (Å²) in [5.74, 6) is 0.658. The highest BCUT2D eigenvalue weighted by Gasteiger charge is 2.35. The summed E-state index contributed by atoms with van der Waals surface area (Å²) >= 11 is 12.1. The molecule has 0 radical (unpaired) electrons. The van der Waals surface area contributed by atoms with Crippen molar-refractivity contribution in [3.63, 3.8) is 0 Å². The number of carbonyl (C=O) groups is 1. The quantitative estimate of drug-likeness (QED) is 0.569. The van der Waals surface area contributed by atoms with Gasteiger partial charge in [-0.25, -0.2) is 14.5 Å². The molecular formula is C21H19Cl2F3N6O. The van der Waals surface area contributed by atoms with Crippen LogP contribution >= 0.6 is 23.2 Å². The molecule has 174 valence electrons. The Morgan fingerprint density at radius 3 is 2.39 bits per heavy atom. The first kappa shape index (κ1) is 23.2. The second kappa shape index (κ2) is 9.48. The summed E-state index contributed by atoms with van der Waals surface area (Å²) in [6.07, 6.45) is -2.96. The Bertz CT molecular complexity index is 1130. The Morgan fingerprint density at radius 2 is 1.76 bits per heavy atom. The fourth-order valence-corrected chi connectivity index (χ4v) is 3.87. The number of nitrogens with zero attached hydrogens (tertiary/aromatic N) is 5. The maximum Gasteiger partial charge on any atom is 0.435 e. The van der Waals surface area contributed by atoms with Gasteiger partial charge in [-0.1, -0.05) is 23.2 Å². The number of nitrogens with one attached hydrogen (secondary N) is 1. The lowest BCUT2D eigenvalue weighted by Gasteiger charge is -2.35. The van der Waals surface area contributed by atoms with Gasteiger partial charge >= 0.3 is 12.2 Å². The Morgan fingerprint density at radius 1 is 1.06 bits per heavy atom. The molecule has 2 amide bonds. The average molecular weight is 499 g/mol. The Balaban J connectivity index is 1.42. The van der Waals surface area contributed by atoms with Gasteiger partial charge < -0.3 is 15.1 Å². The molecule has 0 spiro atoms. The van der Waals surface area contributed by atoms with Crippen molar-refractivity contribution in [3.05, 3.63) is 70.1 Å². The monoisotopic (exact) mass is 498 g/mol. The van der Waals surface area contributed by atoms with Crippen LogP contribution < -0.4 is 10.2 Å². The van der Waals surface area contributed by atoms with Crippen LogP contribution in [0.15, 0.2) is 48.7 Å². The number of anilines is 1.